The van der Waals surface area contributed by atoms with E-state index in [0.29, 0.717) is 5.70 Å². The molecule has 0 spiro atoms. The SMILES string of the molecule is C=C1C(=O)N1CC(C)OP(=O)(O)O. The van der Waals surface area contributed by atoms with E-state index in [9.17, 15) is 9.36 Å². The molecule has 6 nitrogen and oxygen atoms in total. The van der Waals surface area contributed by atoms with Crippen molar-refractivity contribution in [2.75, 3.05) is 6.54 Å². The molecular weight excluding hydrogens is 197 g/mol. The highest BCUT2D eigenvalue weighted by Gasteiger charge is 2.38. The minimum Gasteiger partial charge on any atom is -0.303 e. The van der Waals surface area contributed by atoms with Gasteiger partial charge in [0, 0.05) is 0 Å². The van der Waals surface area contributed by atoms with E-state index in [1.54, 1.807) is 0 Å². The first-order valence-electron chi connectivity index (χ1n) is 3.56. The van der Waals surface area contributed by atoms with E-state index in [2.05, 4.69) is 11.1 Å². The molecule has 0 aliphatic carbocycles. The van der Waals surface area contributed by atoms with Crippen LogP contribution in [0.15, 0.2) is 12.3 Å². The van der Waals surface area contributed by atoms with E-state index in [1.165, 1.54) is 11.8 Å². The molecule has 2 N–H and O–H groups in total. The average Bonchev–Trinajstić information content (AvgIpc) is 2.40. The zero-order valence-corrected chi connectivity index (χ0v) is 7.90. The van der Waals surface area contributed by atoms with Gasteiger partial charge in [0.05, 0.1) is 12.6 Å². The minimum absolute atomic E-state index is 0.128. The largest absolute Gasteiger partial charge is 0.469 e. The highest BCUT2D eigenvalue weighted by Crippen LogP contribution is 2.38. The highest BCUT2D eigenvalue weighted by atomic mass is 31.2. The Hall–Kier alpha value is -0.680. The van der Waals surface area contributed by atoms with Gasteiger partial charge in [-0.15, -0.1) is 0 Å². The summed E-state index contributed by atoms with van der Waals surface area (Å²) < 4.78 is 14.7. The van der Waals surface area contributed by atoms with Gasteiger partial charge in [-0.05, 0) is 6.92 Å². The van der Waals surface area contributed by atoms with Crippen molar-refractivity contribution < 1.29 is 23.7 Å². The van der Waals surface area contributed by atoms with Crippen molar-refractivity contribution in [2.24, 2.45) is 0 Å². The van der Waals surface area contributed by atoms with E-state index < -0.39 is 13.9 Å². The molecular formula is C6H10NO5P. The standard InChI is InChI=1S/C6H10NO5P/c1-4(12-13(9,10)11)3-7-5(2)6(7)8/h4H,2-3H2,1H3,(H2,9,10,11). The molecule has 1 saturated heterocycles. The maximum atomic E-state index is 10.7. The number of carbonyl (C=O) groups excluding carboxylic acids is 1. The third kappa shape index (κ3) is 2.93. The molecule has 13 heavy (non-hydrogen) atoms. The molecule has 1 fully saturated rings. The molecule has 0 aromatic carbocycles. The van der Waals surface area contributed by atoms with E-state index in [1.807, 2.05) is 0 Å². The first-order valence-corrected chi connectivity index (χ1v) is 5.09. The fraction of sp³-hybridized carbons (Fsp3) is 0.500. The maximum absolute atomic E-state index is 10.7. The van der Waals surface area contributed by atoms with Crippen LogP contribution in [0.3, 0.4) is 0 Å². The van der Waals surface area contributed by atoms with Crippen LogP contribution in [0.5, 0.6) is 0 Å². The molecule has 1 heterocycles. The van der Waals surface area contributed by atoms with Crippen LogP contribution in [0, 0.1) is 0 Å². The Morgan fingerprint density at radius 3 is 2.46 bits per heavy atom. The molecule has 1 unspecified atom stereocenters. The Morgan fingerprint density at radius 1 is 1.69 bits per heavy atom. The molecule has 7 heteroatoms. The highest BCUT2D eigenvalue weighted by molar-refractivity contribution is 7.46. The summed E-state index contributed by atoms with van der Waals surface area (Å²) in [5, 5.41) is 0. The van der Waals surface area contributed by atoms with Gasteiger partial charge in [-0.3, -0.25) is 9.32 Å². The Kier molecular flexibility index (Phi) is 2.58. The second kappa shape index (κ2) is 3.23. The number of carbonyl (C=O) groups is 1. The van der Waals surface area contributed by atoms with Crippen LogP contribution in [0.2, 0.25) is 0 Å². The molecule has 0 aromatic rings. The van der Waals surface area contributed by atoms with Gasteiger partial charge in [-0.1, -0.05) is 6.58 Å². The van der Waals surface area contributed by atoms with Gasteiger partial charge in [0.25, 0.3) is 5.91 Å². The van der Waals surface area contributed by atoms with E-state index in [4.69, 9.17) is 9.79 Å². The molecule has 1 atom stereocenters. The van der Waals surface area contributed by atoms with Crippen molar-refractivity contribution in [3.05, 3.63) is 12.3 Å². The van der Waals surface area contributed by atoms with Crippen molar-refractivity contribution in [3.8, 4) is 0 Å². The molecule has 1 rings (SSSR count). The van der Waals surface area contributed by atoms with E-state index in [-0.39, 0.29) is 12.5 Å². The molecule has 1 amide bonds. The lowest BCUT2D eigenvalue weighted by Crippen LogP contribution is -2.18. The topological polar surface area (TPSA) is 86.8 Å². The number of hydrogen-bond donors (Lipinski definition) is 2. The Labute approximate surface area is 75.0 Å². The third-order valence-electron chi connectivity index (χ3n) is 1.52. The number of phosphoric acid groups is 1. The number of rotatable bonds is 4. The lowest BCUT2D eigenvalue weighted by Gasteiger charge is -2.12. The van der Waals surface area contributed by atoms with Crippen LogP contribution >= 0.6 is 7.82 Å². The zero-order chi connectivity index (χ0) is 10.2. The van der Waals surface area contributed by atoms with Crippen LogP contribution in [-0.4, -0.2) is 33.2 Å². The summed E-state index contributed by atoms with van der Waals surface area (Å²) in [7, 11) is -4.46. The lowest BCUT2D eigenvalue weighted by molar-refractivity contribution is -0.113. The van der Waals surface area contributed by atoms with Gasteiger partial charge < -0.3 is 14.7 Å². The van der Waals surface area contributed by atoms with Crippen LogP contribution in [0.1, 0.15) is 6.92 Å². The van der Waals surface area contributed by atoms with Crippen molar-refractivity contribution >= 4 is 13.7 Å². The maximum Gasteiger partial charge on any atom is 0.469 e. The monoisotopic (exact) mass is 207 g/mol. The number of hydrogen-bond acceptors (Lipinski definition) is 3. The Morgan fingerprint density at radius 2 is 2.15 bits per heavy atom. The van der Waals surface area contributed by atoms with Crippen LogP contribution in [-0.2, 0) is 13.9 Å². The zero-order valence-electron chi connectivity index (χ0n) is 7.01. The van der Waals surface area contributed by atoms with Crippen LogP contribution < -0.4 is 0 Å². The van der Waals surface area contributed by atoms with Crippen molar-refractivity contribution in [2.45, 2.75) is 13.0 Å². The quantitative estimate of drug-likeness (QED) is 0.380. The molecule has 1 aliphatic heterocycles. The van der Waals surface area contributed by atoms with Crippen molar-refractivity contribution in [1.29, 1.82) is 0 Å². The summed E-state index contributed by atoms with van der Waals surface area (Å²) in [6.45, 7) is 5.00. The summed E-state index contributed by atoms with van der Waals surface area (Å²) in [6, 6.07) is 0. The predicted octanol–water partition coefficient (Wildman–Crippen LogP) is -0.160. The fourth-order valence-electron chi connectivity index (χ4n) is 0.936. The third-order valence-corrected chi connectivity index (χ3v) is 2.16. The number of phosphoric ester groups is 1. The summed E-state index contributed by atoms with van der Waals surface area (Å²) >= 11 is 0. The molecule has 74 valence electrons. The second-order valence-electron chi connectivity index (χ2n) is 2.77. The van der Waals surface area contributed by atoms with Gasteiger partial charge in [0.2, 0.25) is 0 Å². The molecule has 0 aromatic heterocycles. The number of amides is 1. The predicted molar refractivity (Wildman–Crippen MR) is 43.4 cm³/mol. The Balaban J connectivity index is 2.35. The number of nitrogens with zero attached hydrogens (tertiary/aromatic N) is 1. The van der Waals surface area contributed by atoms with Crippen LogP contribution in [0.4, 0.5) is 0 Å². The normalized spacial score (nSPS) is 19.2. The van der Waals surface area contributed by atoms with Gasteiger partial charge in [0.1, 0.15) is 5.70 Å². The van der Waals surface area contributed by atoms with Crippen molar-refractivity contribution in [1.82, 2.24) is 4.90 Å². The fourth-order valence-corrected chi connectivity index (χ4v) is 1.47. The first-order chi connectivity index (χ1) is 5.81. The van der Waals surface area contributed by atoms with Gasteiger partial charge >= 0.3 is 7.82 Å². The van der Waals surface area contributed by atoms with Gasteiger partial charge in [-0.2, -0.15) is 0 Å². The van der Waals surface area contributed by atoms with Gasteiger partial charge in [0.15, 0.2) is 0 Å². The van der Waals surface area contributed by atoms with Crippen molar-refractivity contribution in [3.63, 3.8) is 0 Å². The smallest absolute Gasteiger partial charge is 0.303 e. The summed E-state index contributed by atoms with van der Waals surface area (Å²) in [5.41, 5.74) is 0.348. The summed E-state index contributed by atoms with van der Waals surface area (Å²) in [4.78, 5) is 28.8. The van der Waals surface area contributed by atoms with E-state index in [0.717, 1.165) is 0 Å². The lowest BCUT2D eigenvalue weighted by atomic mass is 10.4. The summed E-state index contributed by atoms with van der Waals surface area (Å²) in [5.74, 6) is -0.207. The molecule has 0 saturated carbocycles. The van der Waals surface area contributed by atoms with Gasteiger partial charge in [-0.25, -0.2) is 4.57 Å². The second-order valence-corrected chi connectivity index (χ2v) is 3.96. The first kappa shape index (κ1) is 10.4. The molecule has 0 radical (unpaired) electrons. The minimum atomic E-state index is -4.46. The van der Waals surface area contributed by atoms with E-state index >= 15 is 0 Å². The average molecular weight is 207 g/mol. The van der Waals surface area contributed by atoms with Crippen LogP contribution in [0.25, 0.3) is 0 Å². The summed E-state index contributed by atoms with van der Waals surface area (Å²) in [6.07, 6.45) is -0.705. The molecule has 1 aliphatic rings. The molecule has 0 bridgehead atoms. The Bertz CT molecular complexity index is 281.